The van der Waals surface area contributed by atoms with Crippen LogP contribution in [0.4, 0.5) is 0 Å². The van der Waals surface area contributed by atoms with E-state index in [1.165, 1.54) is 12.8 Å². The standard InChI is InChI=1S/C12H21N3O2/c1-3-5-10(16-2)12-14-11(17-15-12)8-9-6-4-7-13-9/h9-10,13H,3-8H2,1-2H3. The largest absolute Gasteiger partial charge is 0.373 e. The van der Waals surface area contributed by atoms with E-state index in [1.807, 2.05) is 0 Å². The van der Waals surface area contributed by atoms with E-state index in [-0.39, 0.29) is 6.10 Å². The molecule has 0 bridgehead atoms. The fourth-order valence-electron chi connectivity index (χ4n) is 2.24. The highest BCUT2D eigenvalue weighted by molar-refractivity contribution is 4.94. The van der Waals surface area contributed by atoms with Gasteiger partial charge in [0.05, 0.1) is 0 Å². The zero-order valence-corrected chi connectivity index (χ0v) is 10.6. The van der Waals surface area contributed by atoms with Crippen LogP contribution in [0.1, 0.15) is 50.4 Å². The Morgan fingerprint density at radius 3 is 3.12 bits per heavy atom. The molecule has 1 aliphatic heterocycles. The molecule has 17 heavy (non-hydrogen) atoms. The van der Waals surface area contributed by atoms with Crippen molar-refractivity contribution in [1.29, 1.82) is 0 Å². The first kappa shape index (κ1) is 12.5. The Hall–Kier alpha value is -0.940. The predicted molar refractivity (Wildman–Crippen MR) is 63.7 cm³/mol. The van der Waals surface area contributed by atoms with Crippen LogP contribution in [0.15, 0.2) is 4.52 Å². The van der Waals surface area contributed by atoms with Gasteiger partial charge in [0.2, 0.25) is 11.7 Å². The van der Waals surface area contributed by atoms with Gasteiger partial charge in [0.15, 0.2) is 0 Å². The van der Waals surface area contributed by atoms with E-state index >= 15 is 0 Å². The molecule has 0 spiro atoms. The Balaban J connectivity index is 1.94. The van der Waals surface area contributed by atoms with Gasteiger partial charge >= 0.3 is 0 Å². The molecule has 1 aromatic rings. The molecule has 1 aromatic heterocycles. The van der Waals surface area contributed by atoms with Gasteiger partial charge in [0.1, 0.15) is 6.10 Å². The van der Waals surface area contributed by atoms with Gasteiger partial charge in [-0.2, -0.15) is 4.98 Å². The van der Waals surface area contributed by atoms with Crippen molar-refractivity contribution in [3.05, 3.63) is 11.7 Å². The maximum absolute atomic E-state index is 5.36. The summed E-state index contributed by atoms with van der Waals surface area (Å²) in [6.45, 7) is 3.22. The molecule has 0 saturated carbocycles. The fourth-order valence-corrected chi connectivity index (χ4v) is 2.24. The van der Waals surface area contributed by atoms with Crippen LogP contribution in [-0.2, 0) is 11.2 Å². The minimum atomic E-state index is -0.0333. The summed E-state index contributed by atoms with van der Waals surface area (Å²) in [6.07, 6.45) is 5.20. The quantitative estimate of drug-likeness (QED) is 0.821. The van der Waals surface area contributed by atoms with E-state index in [9.17, 15) is 0 Å². The molecule has 5 nitrogen and oxygen atoms in total. The molecule has 1 saturated heterocycles. The number of rotatable bonds is 6. The monoisotopic (exact) mass is 239 g/mol. The molecule has 2 rings (SSSR count). The SMILES string of the molecule is CCCC(OC)c1noc(CC2CCCN2)n1. The van der Waals surface area contributed by atoms with Gasteiger partial charge in [-0.3, -0.25) is 0 Å². The maximum Gasteiger partial charge on any atom is 0.228 e. The van der Waals surface area contributed by atoms with E-state index in [4.69, 9.17) is 9.26 Å². The normalized spacial score (nSPS) is 21.9. The number of methoxy groups -OCH3 is 1. The Kier molecular flexibility index (Phi) is 4.50. The molecule has 1 fully saturated rings. The Bertz CT molecular complexity index is 334. The van der Waals surface area contributed by atoms with Crippen LogP contribution in [0.25, 0.3) is 0 Å². The Morgan fingerprint density at radius 2 is 2.47 bits per heavy atom. The number of aromatic nitrogens is 2. The van der Waals surface area contributed by atoms with Crippen molar-refractivity contribution in [1.82, 2.24) is 15.5 Å². The average molecular weight is 239 g/mol. The van der Waals surface area contributed by atoms with Crippen molar-refractivity contribution in [2.45, 2.75) is 51.2 Å². The summed E-state index contributed by atoms with van der Waals surface area (Å²) in [5.74, 6) is 1.40. The molecule has 1 N–H and O–H groups in total. The Morgan fingerprint density at radius 1 is 1.59 bits per heavy atom. The Labute approximate surface area is 102 Å². The molecule has 1 aliphatic rings. The number of nitrogens with one attached hydrogen (secondary N) is 1. The molecule has 0 aliphatic carbocycles. The van der Waals surface area contributed by atoms with Crippen molar-refractivity contribution in [2.75, 3.05) is 13.7 Å². The highest BCUT2D eigenvalue weighted by Crippen LogP contribution is 2.20. The molecule has 2 atom stereocenters. The van der Waals surface area contributed by atoms with Gasteiger partial charge in [-0.15, -0.1) is 0 Å². The molecule has 0 aromatic carbocycles. The van der Waals surface area contributed by atoms with Gasteiger partial charge in [0, 0.05) is 19.6 Å². The number of ether oxygens (including phenoxy) is 1. The third kappa shape index (κ3) is 3.26. The van der Waals surface area contributed by atoms with Crippen molar-refractivity contribution in [3.63, 3.8) is 0 Å². The van der Waals surface area contributed by atoms with Gasteiger partial charge in [-0.1, -0.05) is 18.5 Å². The summed E-state index contributed by atoms with van der Waals surface area (Å²) in [4.78, 5) is 4.42. The van der Waals surface area contributed by atoms with Crippen LogP contribution in [0.5, 0.6) is 0 Å². The first-order chi connectivity index (χ1) is 8.33. The second-order valence-electron chi connectivity index (χ2n) is 4.56. The van der Waals surface area contributed by atoms with Gasteiger partial charge in [-0.05, 0) is 25.8 Å². The van der Waals surface area contributed by atoms with Crippen molar-refractivity contribution >= 4 is 0 Å². The second-order valence-corrected chi connectivity index (χ2v) is 4.56. The van der Waals surface area contributed by atoms with Crippen molar-refractivity contribution in [3.8, 4) is 0 Å². The summed E-state index contributed by atoms with van der Waals surface area (Å²) in [6, 6.07) is 0.496. The van der Waals surface area contributed by atoms with E-state index < -0.39 is 0 Å². The van der Waals surface area contributed by atoms with Crippen LogP contribution in [0.2, 0.25) is 0 Å². The topological polar surface area (TPSA) is 60.2 Å². The smallest absolute Gasteiger partial charge is 0.228 e. The first-order valence-corrected chi connectivity index (χ1v) is 6.42. The zero-order valence-electron chi connectivity index (χ0n) is 10.6. The highest BCUT2D eigenvalue weighted by Gasteiger charge is 2.21. The van der Waals surface area contributed by atoms with Gasteiger partial charge in [0.25, 0.3) is 0 Å². The number of hydrogen-bond acceptors (Lipinski definition) is 5. The van der Waals surface area contributed by atoms with Crippen molar-refractivity contribution in [2.24, 2.45) is 0 Å². The predicted octanol–water partition coefficient (Wildman–Crippen LogP) is 1.85. The zero-order chi connectivity index (χ0) is 12.1. The first-order valence-electron chi connectivity index (χ1n) is 6.42. The molecule has 0 amide bonds. The lowest BCUT2D eigenvalue weighted by molar-refractivity contribution is 0.0854. The van der Waals surface area contributed by atoms with E-state index in [1.54, 1.807) is 7.11 Å². The minimum absolute atomic E-state index is 0.0333. The number of hydrogen-bond donors (Lipinski definition) is 1. The van der Waals surface area contributed by atoms with Crippen LogP contribution < -0.4 is 5.32 Å². The summed E-state index contributed by atoms with van der Waals surface area (Å²) >= 11 is 0. The third-order valence-electron chi connectivity index (χ3n) is 3.19. The van der Waals surface area contributed by atoms with Crippen molar-refractivity contribution < 1.29 is 9.26 Å². The summed E-state index contributed by atoms with van der Waals surface area (Å²) in [7, 11) is 1.69. The summed E-state index contributed by atoms with van der Waals surface area (Å²) in [5, 5.41) is 7.43. The molecular weight excluding hydrogens is 218 g/mol. The van der Waals surface area contributed by atoms with E-state index in [2.05, 4.69) is 22.4 Å². The van der Waals surface area contributed by atoms with Crippen LogP contribution in [-0.4, -0.2) is 29.8 Å². The lowest BCUT2D eigenvalue weighted by Gasteiger charge is -2.08. The minimum Gasteiger partial charge on any atom is -0.373 e. The average Bonchev–Trinajstić information content (AvgIpc) is 2.98. The highest BCUT2D eigenvalue weighted by atomic mass is 16.5. The third-order valence-corrected chi connectivity index (χ3v) is 3.19. The lowest BCUT2D eigenvalue weighted by Crippen LogP contribution is -2.23. The maximum atomic E-state index is 5.36. The molecule has 2 heterocycles. The molecule has 2 unspecified atom stereocenters. The molecular formula is C12H21N3O2. The summed E-state index contributed by atoms with van der Waals surface area (Å²) in [5.41, 5.74) is 0. The lowest BCUT2D eigenvalue weighted by atomic mass is 10.1. The molecule has 0 radical (unpaired) electrons. The second kappa shape index (κ2) is 6.12. The molecule has 96 valence electrons. The van der Waals surface area contributed by atoms with Gasteiger partial charge in [-0.25, -0.2) is 0 Å². The fraction of sp³-hybridized carbons (Fsp3) is 0.833. The summed E-state index contributed by atoms with van der Waals surface area (Å²) < 4.78 is 10.6. The van der Waals surface area contributed by atoms with E-state index in [0.29, 0.717) is 11.9 Å². The van der Waals surface area contributed by atoms with E-state index in [0.717, 1.165) is 31.7 Å². The van der Waals surface area contributed by atoms with Gasteiger partial charge < -0.3 is 14.6 Å². The number of nitrogens with zero attached hydrogens (tertiary/aromatic N) is 2. The van der Waals surface area contributed by atoms with Crippen LogP contribution in [0, 0.1) is 0 Å². The molecule has 5 heteroatoms. The van der Waals surface area contributed by atoms with Crippen LogP contribution >= 0.6 is 0 Å². The van der Waals surface area contributed by atoms with Crippen LogP contribution in [0.3, 0.4) is 0 Å².